The Morgan fingerprint density at radius 1 is 0.218 bits per heavy atom. The third kappa shape index (κ3) is 8.78. The van der Waals surface area contributed by atoms with E-state index in [0.29, 0.717) is 0 Å². The topological polar surface area (TPSA) is 46.2 Å². The van der Waals surface area contributed by atoms with E-state index in [1.807, 2.05) is 194 Å². The van der Waals surface area contributed by atoms with Gasteiger partial charge in [-0.3, -0.25) is 0 Å². The van der Waals surface area contributed by atoms with Crippen LogP contribution in [-0.2, 0) is 4.12 Å². The molecule has 0 aliphatic heterocycles. The molecule has 7 heteroatoms. The van der Waals surface area contributed by atoms with E-state index in [-0.39, 0.29) is 0 Å². The van der Waals surface area contributed by atoms with Crippen LogP contribution in [0.25, 0.3) is 0 Å². The molecule has 0 saturated carbocycles. The molecule has 5 nitrogen and oxygen atoms in total. The van der Waals surface area contributed by atoms with Gasteiger partial charge in [0, 0.05) is 20.7 Å². The van der Waals surface area contributed by atoms with Gasteiger partial charge in [-0.2, -0.15) is 0 Å². The molecular formula is C48H38O5Si2. The number of ether oxygens (including phenoxy) is 4. The second kappa shape index (κ2) is 17.5. The molecule has 0 saturated heterocycles. The molecule has 268 valence electrons. The fourth-order valence-electron chi connectivity index (χ4n) is 6.39. The number of hydrogen-bond acceptors (Lipinski definition) is 5. The van der Waals surface area contributed by atoms with E-state index >= 15 is 0 Å². The summed E-state index contributed by atoms with van der Waals surface area (Å²) in [5, 5.41) is 3.93. The molecule has 0 radical (unpaired) electrons. The van der Waals surface area contributed by atoms with Gasteiger partial charge in [0.1, 0.15) is 46.0 Å². The van der Waals surface area contributed by atoms with Gasteiger partial charge < -0.3 is 23.1 Å². The second-order valence-electron chi connectivity index (χ2n) is 12.7. The molecule has 0 unspecified atom stereocenters. The molecule has 8 aromatic carbocycles. The van der Waals surface area contributed by atoms with Crippen LogP contribution >= 0.6 is 0 Å². The van der Waals surface area contributed by atoms with E-state index in [4.69, 9.17) is 23.1 Å². The smallest absolute Gasteiger partial charge is 0.236 e. The van der Waals surface area contributed by atoms with Crippen molar-refractivity contribution in [2.45, 2.75) is 0 Å². The maximum absolute atomic E-state index is 7.87. The van der Waals surface area contributed by atoms with Crippen molar-refractivity contribution in [3.8, 4) is 46.0 Å². The molecular weight excluding hydrogens is 713 g/mol. The van der Waals surface area contributed by atoms with Crippen LogP contribution in [0.3, 0.4) is 0 Å². The summed E-state index contributed by atoms with van der Waals surface area (Å²) in [6.45, 7) is 0. The van der Waals surface area contributed by atoms with Crippen LogP contribution in [0.1, 0.15) is 0 Å². The Morgan fingerprint density at radius 3 is 0.655 bits per heavy atom. The highest BCUT2D eigenvalue weighted by atomic mass is 28.4. The van der Waals surface area contributed by atoms with Crippen LogP contribution in [-0.4, -0.2) is 18.1 Å². The average molecular weight is 751 g/mol. The lowest BCUT2D eigenvalue weighted by molar-refractivity contribution is 0.480. The molecule has 0 aromatic heterocycles. The maximum atomic E-state index is 7.87. The monoisotopic (exact) mass is 750 g/mol. The number of benzene rings is 8. The molecule has 0 bridgehead atoms. The highest BCUT2D eigenvalue weighted by Crippen LogP contribution is 2.27. The summed E-state index contributed by atoms with van der Waals surface area (Å²) in [7, 11) is -5.44. The lowest BCUT2D eigenvalue weighted by atomic mass is 10.3. The first kappa shape index (κ1) is 35.4. The van der Waals surface area contributed by atoms with Crippen molar-refractivity contribution in [3.05, 3.63) is 218 Å². The summed E-state index contributed by atoms with van der Waals surface area (Å²) in [6.07, 6.45) is 0. The molecule has 8 aromatic rings. The van der Waals surface area contributed by atoms with Crippen molar-refractivity contribution in [1.29, 1.82) is 0 Å². The van der Waals surface area contributed by atoms with Crippen molar-refractivity contribution in [1.82, 2.24) is 0 Å². The molecule has 0 fully saturated rings. The second-order valence-corrected chi connectivity index (χ2v) is 17.8. The van der Waals surface area contributed by atoms with Crippen molar-refractivity contribution >= 4 is 38.8 Å². The Kier molecular flexibility index (Phi) is 11.2. The van der Waals surface area contributed by atoms with E-state index < -0.39 is 18.1 Å². The Balaban J connectivity index is 1.31. The Bertz CT molecular complexity index is 2090. The summed E-state index contributed by atoms with van der Waals surface area (Å²) in [4.78, 5) is 0. The molecule has 0 aliphatic rings. The summed E-state index contributed by atoms with van der Waals surface area (Å²) in [5.41, 5.74) is 0. The van der Waals surface area contributed by atoms with Gasteiger partial charge >= 0.3 is 0 Å². The fraction of sp³-hybridized carbons (Fsp3) is 0. The Labute approximate surface area is 325 Å². The highest BCUT2D eigenvalue weighted by Gasteiger charge is 2.34. The van der Waals surface area contributed by atoms with Gasteiger partial charge in [-0.05, 0) is 72.8 Å². The van der Waals surface area contributed by atoms with Crippen molar-refractivity contribution < 1.29 is 23.1 Å². The molecule has 0 atom stereocenters. The van der Waals surface area contributed by atoms with Crippen molar-refractivity contribution in [2.24, 2.45) is 0 Å². The summed E-state index contributed by atoms with van der Waals surface area (Å²) in [5.74, 6) is 5.90. The summed E-state index contributed by atoms with van der Waals surface area (Å²) in [6, 6.07) is 72.2. The standard InChI is InChI=1S/C48H38O5Si2/c1-5-21-37(22-6-1)49-41-29-13-17-33-45(41)54(46-34-18-14-30-42(46)50-38-23-7-2-8-24-38)53-55(47-35-19-15-31-43(47)51-39-25-9-3-10-26-39)48-36-20-16-32-44(48)52-40-27-11-4-12-28-40/h1-36,54-55H. The zero-order valence-electron chi connectivity index (χ0n) is 30.0. The molecule has 0 spiro atoms. The molecule has 55 heavy (non-hydrogen) atoms. The first-order valence-corrected chi connectivity index (χ1v) is 21.5. The van der Waals surface area contributed by atoms with Crippen LogP contribution in [0, 0.1) is 0 Å². The van der Waals surface area contributed by atoms with Crippen LogP contribution < -0.4 is 39.7 Å². The van der Waals surface area contributed by atoms with E-state index in [9.17, 15) is 0 Å². The van der Waals surface area contributed by atoms with E-state index in [2.05, 4.69) is 24.3 Å². The van der Waals surface area contributed by atoms with Gasteiger partial charge in [-0.15, -0.1) is 0 Å². The largest absolute Gasteiger partial charge is 0.457 e. The lowest BCUT2D eigenvalue weighted by Gasteiger charge is -2.29. The third-order valence-electron chi connectivity index (χ3n) is 8.96. The van der Waals surface area contributed by atoms with Crippen LogP contribution in [0.15, 0.2) is 218 Å². The van der Waals surface area contributed by atoms with Gasteiger partial charge in [0.25, 0.3) is 0 Å². The molecule has 8 rings (SSSR count). The zero-order chi connectivity index (χ0) is 37.1. The molecule has 0 amide bonds. The Morgan fingerprint density at radius 2 is 0.418 bits per heavy atom. The van der Waals surface area contributed by atoms with Gasteiger partial charge in [-0.25, -0.2) is 0 Å². The summed E-state index contributed by atoms with van der Waals surface area (Å²) >= 11 is 0. The summed E-state index contributed by atoms with van der Waals surface area (Å²) < 4.78 is 34.5. The van der Waals surface area contributed by atoms with Crippen LogP contribution in [0.4, 0.5) is 0 Å². The van der Waals surface area contributed by atoms with Gasteiger partial charge in [-0.1, -0.05) is 146 Å². The van der Waals surface area contributed by atoms with E-state index in [0.717, 1.165) is 66.7 Å². The predicted octanol–water partition coefficient (Wildman–Crippen LogP) is 9.25. The minimum Gasteiger partial charge on any atom is -0.457 e. The third-order valence-corrected chi connectivity index (χ3v) is 15.3. The molecule has 0 heterocycles. The number of rotatable bonds is 14. The van der Waals surface area contributed by atoms with Crippen LogP contribution in [0.2, 0.25) is 0 Å². The lowest BCUT2D eigenvalue weighted by Crippen LogP contribution is -2.56. The normalized spacial score (nSPS) is 10.9. The van der Waals surface area contributed by atoms with Gasteiger partial charge in [0.05, 0.1) is 0 Å². The first-order valence-electron chi connectivity index (χ1n) is 18.2. The average Bonchev–Trinajstić information content (AvgIpc) is 3.24. The van der Waals surface area contributed by atoms with Crippen LogP contribution in [0.5, 0.6) is 46.0 Å². The molecule has 0 N–H and O–H groups in total. The fourth-order valence-corrected chi connectivity index (χ4v) is 13.3. The minimum absolute atomic E-state index is 0.732. The van der Waals surface area contributed by atoms with Crippen molar-refractivity contribution in [3.63, 3.8) is 0 Å². The molecule has 0 aliphatic carbocycles. The number of hydrogen-bond donors (Lipinski definition) is 0. The first-order chi connectivity index (χ1) is 27.3. The Hall–Kier alpha value is -6.65. The number of para-hydroxylation sites is 8. The van der Waals surface area contributed by atoms with Gasteiger partial charge in [0.2, 0.25) is 18.1 Å². The highest BCUT2D eigenvalue weighted by molar-refractivity contribution is 6.93. The maximum Gasteiger partial charge on any atom is 0.236 e. The van der Waals surface area contributed by atoms with E-state index in [1.54, 1.807) is 0 Å². The van der Waals surface area contributed by atoms with E-state index in [1.165, 1.54) is 0 Å². The van der Waals surface area contributed by atoms with Gasteiger partial charge in [0.15, 0.2) is 0 Å². The minimum atomic E-state index is -2.72. The SMILES string of the molecule is c1ccc(Oc2ccccc2[SiH](O[SiH](c2ccccc2Oc2ccccc2)c2ccccc2Oc2ccccc2)c2ccccc2Oc2ccccc2)cc1. The quantitative estimate of drug-likeness (QED) is 0.104. The zero-order valence-corrected chi connectivity index (χ0v) is 32.3. The van der Waals surface area contributed by atoms with Crippen molar-refractivity contribution in [2.75, 3.05) is 0 Å². The predicted molar refractivity (Wildman–Crippen MR) is 226 cm³/mol.